The van der Waals surface area contributed by atoms with Gasteiger partial charge in [-0.3, -0.25) is 0 Å². The fraction of sp³-hybridized carbons (Fsp3) is 0.333. The molecule has 0 spiro atoms. The third-order valence-corrected chi connectivity index (χ3v) is 2.91. The van der Waals surface area contributed by atoms with Crippen LogP contribution in [0.25, 0.3) is 0 Å². The number of thiol groups is 1. The molecular formula is C9H10OS2. The summed E-state index contributed by atoms with van der Waals surface area (Å²) in [7, 11) is 0. The van der Waals surface area contributed by atoms with Crippen molar-refractivity contribution in [2.75, 3.05) is 12.4 Å². The molecule has 1 unspecified atom stereocenters. The van der Waals surface area contributed by atoms with Crippen LogP contribution in [0.1, 0.15) is 0 Å². The van der Waals surface area contributed by atoms with Crippen LogP contribution in [0.2, 0.25) is 0 Å². The van der Waals surface area contributed by atoms with Gasteiger partial charge in [0.15, 0.2) is 0 Å². The lowest BCUT2D eigenvalue weighted by molar-refractivity contribution is 0.329. The van der Waals surface area contributed by atoms with Gasteiger partial charge in [-0.15, -0.1) is 12.6 Å². The Morgan fingerprint density at radius 3 is 2.67 bits per heavy atom. The maximum atomic E-state index is 5.53. The summed E-state index contributed by atoms with van der Waals surface area (Å²) in [6.07, 6.45) is 0. The molecule has 0 radical (unpaired) electrons. The molecule has 1 aromatic carbocycles. The van der Waals surface area contributed by atoms with Gasteiger partial charge in [0, 0.05) is 15.9 Å². The summed E-state index contributed by atoms with van der Waals surface area (Å²) in [4.78, 5) is 0.975. The molecule has 0 aliphatic carbocycles. The van der Waals surface area contributed by atoms with Crippen LogP contribution in [-0.4, -0.2) is 17.6 Å². The monoisotopic (exact) mass is 198 g/mol. The van der Waals surface area contributed by atoms with Gasteiger partial charge in [0.2, 0.25) is 0 Å². The van der Waals surface area contributed by atoms with E-state index < -0.39 is 0 Å². The number of benzene rings is 1. The van der Waals surface area contributed by atoms with Crippen molar-refractivity contribution in [2.24, 2.45) is 0 Å². The quantitative estimate of drug-likeness (QED) is 0.590. The second-order valence-corrected chi connectivity index (χ2v) is 4.61. The Kier molecular flexibility index (Phi) is 2.51. The van der Waals surface area contributed by atoms with Gasteiger partial charge >= 0.3 is 0 Å². The SMILES string of the molecule is Sc1ccc(OCC2CS2)cc1. The number of rotatable bonds is 3. The molecule has 3 heteroatoms. The van der Waals surface area contributed by atoms with Gasteiger partial charge in [-0.25, -0.2) is 0 Å². The largest absolute Gasteiger partial charge is 0.492 e. The molecule has 0 bridgehead atoms. The highest BCUT2D eigenvalue weighted by Crippen LogP contribution is 2.30. The van der Waals surface area contributed by atoms with E-state index in [2.05, 4.69) is 12.6 Å². The van der Waals surface area contributed by atoms with E-state index in [1.54, 1.807) is 0 Å². The Hall–Kier alpha value is -0.280. The number of hydrogen-bond donors (Lipinski definition) is 1. The molecule has 1 fully saturated rings. The van der Waals surface area contributed by atoms with E-state index in [0.717, 1.165) is 22.5 Å². The van der Waals surface area contributed by atoms with Crippen molar-refractivity contribution in [1.82, 2.24) is 0 Å². The standard InChI is InChI=1S/C9H10OS2/c11-8-3-1-7(2-4-8)10-5-9-6-12-9/h1-4,9,11H,5-6H2. The molecule has 1 heterocycles. The second kappa shape index (κ2) is 3.62. The first-order chi connectivity index (χ1) is 5.84. The van der Waals surface area contributed by atoms with Crippen molar-refractivity contribution in [1.29, 1.82) is 0 Å². The first kappa shape index (κ1) is 8.32. The summed E-state index contributed by atoms with van der Waals surface area (Å²) in [6.45, 7) is 0.844. The molecule has 0 aromatic heterocycles. The van der Waals surface area contributed by atoms with Gasteiger partial charge in [0.05, 0.1) is 0 Å². The molecule has 2 rings (SSSR count). The Bertz CT molecular complexity index is 254. The first-order valence-electron chi connectivity index (χ1n) is 3.88. The van der Waals surface area contributed by atoms with E-state index >= 15 is 0 Å². The van der Waals surface area contributed by atoms with Crippen molar-refractivity contribution >= 4 is 24.4 Å². The normalized spacial score (nSPS) is 20.6. The van der Waals surface area contributed by atoms with Crippen molar-refractivity contribution in [3.05, 3.63) is 24.3 Å². The number of ether oxygens (including phenoxy) is 1. The lowest BCUT2D eigenvalue weighted by Gasteiger charge is -2.03. The molecule has 0 amide bonds. The van der Waals surface area contributed by atoms with Crippen LogP contribution < -0.4 is 4.74 Å². The van der Waals surface area contributed by atoms with E-state index in [0.29, 0.717) is 0 Å². The highest BCUT2D eigenvalue weighted by atomic mass is 32.2. The van der Waals surface area contributed by atoms with E-state index in [4.69, 9.17) is 4.74 Å². The number of thioether (sulfide) groups is 1. The lowest BCUT2D eigenvalue weighted by Crippen LogP contribution is -2.02. The molecule has 1 nitrogen and oxygen atoms in total. The molecule has 1 aliphatic rings. The zero-order valence-electron chi connectivity index (χ0n) is 6.56. The molecule has 1 atom stereocenters. The summed E-state index contributed by atoms with van der Waals surface area (Å²) < 4.78 is 5.53. The predicted molar refractivity (Wildman–Crippen MR) is 55.4 cm³/mol. The molecule has 1 saturated heterocycles. The van der Waals surface area contributed by atoms with Crippen LogP contribution in [0.3, 0.4) is 0 Å². The average molecular weight is 198 g/mol. The highest BCUT2D eigenvalue weighted by molar-refractivity contribution is 8.06. The minimum atomic E-state index is 0.737. The van der Waals surface area contributed by atoms with Gasteiger partial charge in [0.1, 0.15) is 12.4 Å². The fourth-order valence-electron chi connectivity index (χ4n) is 0.896. The topological polar surface area (TPSA) is 9.23 Å². The van der Waals surface area contributed by atoms with Gasteiger partial charge in [-0.2, -0.15) is 11.8 Å². The van der Waals surface area contributed by atoms with Gasteiger partial charge in [-0.05, 0) is 24.3 Å². The maximum Gasteiger partial charge on any atom is 0.119 e. The second-order valence-electron chi connectivity index (χ2n) is 2.76. The zero-order valence-corrected chi connectivity index (χ0v) is 8.28. The average Bonchev–Trinajstić information content (AvgIpc) is 2.87. The van der Waals surface area contributed by atoms with Crippen LogP contribution in [0, 0.1) is 0 Å². The Morgan fingerprint density at radius 1 is 1.42 bits per heavy atom. The summed E-state index contributed by atoms with van der Waals surface area (Å²) in [6, 6.07) is 7.79. The van der Waals surface area contributed by atoms with Crippen molar-refractivity contribution in [3.63, 3.8) is 0 Å². The summed E-state index contributed by atoms with van der Waals surface area (Å²) in [5.74, 6) is 2.20. The van der Waals surface area contributed by atoms with Crippen LogP contribution in [0.15, 0.2) is 29.2 Å². The highest BCUT2D eigenvalue weighted by Gasteiger charge is 2.22. The fourth-order valence-corrected chi connectivity index (χ4v) is 1.44. The molecule has 12 heavy (non-hydrogen) atoms. The predicted octanol–water partition coefficient (Wildman–Crippen LogP) is 2.47. The molecule has 0 N–H and O–H groups in total. The summed E-state index contributed by atoms with van der Waals surface area (Å²) in [5.41, 5.74) is 0. The third-order valence-electron chi connectivity index (χ3n) is 1.67. The van der Waals surface area contributed by atoms with Crippen molar-refractivity contribution in [3.8, 4) is 5.75 Å². The molecule has 1 aliphatic heterocycles. The van der Waals surface area contributed by atoms with Crippen molar-refractivity contribution in [2.45, 2.75) is 10.1 Å². The van der Waals surface area contributed by atoms with Gasteiger partial charge < -0.3 is 4.74 Å². The minimum absolute atomic E-state index is 0.737. The number of hydrogen-bond acceptors (Lipinski definition) is 3. The van der Waals surface area contributed by atoms with Crippen LogP contribution in [-0.2, 0) is 0 Å². The molecule has 0 saturated carbocycles. The molecule has 1 aromatic rings. The smallest absolute Gasteiger partial charge is 0.119 e. The maximum absolute atomic E-state index is 5.53. The Labute approximate surface area is 81.9 Å². The van der Waals surface area contributed by atoms with E-state index in [1.807, 2.05) is 36.0 Å². The van der Waals surface area contributed by atoms with Crippen LogP contribution in [0.4, 0.5) is 0 Å². The van der Waals surface area contributed by atoms with Crippen LogP contribution >= 0.6 is 24.4 Å². The lowest BCUT2D eigenvalue weighted by atomic mass is 10.3. The first-order valence-corrected chi connectivity index (χ1v) is 5.37. The molecule has 64 valence electrons. The van der Waals surface area contributed by atoms with Crippen LogP contribution in [0.5, 0.6) is 5.75 Å². The van der Waals surface area contributed by atoms with Gasteiger partial charge in [-0.1, -0.05) is 0 Å². The zero-order chi connectivity index (χ0) is 8.39. The van der Waals surface area contributed by atoms with E-state index in [-0.39, 0.29) is 0 Å². The van der Waals surface area contributed by atoms with Crippen molar-refractivity contribution < 1.29 is 4.74 Å². The summed E-state index contributed by atoms with van der Waals surface area (Å²) >= 11 is 6.14. The summed E-state index contributed by atoms with van der Waals surface area (Å²) in [5, 5.41) is 0.737. The minimum Gasteiger partial charge on any atom is -0.492 e. The Morgan fingerprint density at radius 2 is 2.08 bits per heavy atom. The third kappa shape index (κ3) is 2.35. The Balaban J connectivity index is 1.89. The van der Waals surface area contributed by atoms with E-state index in [1.165, 1.54) is 5.75 Å². The molecular weight excluding hydrogens is 188 g/mol. The van der Waals surface area contributed by atoms with E-state index in [9.17, 15) is 0 Å². The van der Waals surface area contributed by atoms with Gasteiger partial charge in [0.25, 0.3) is 0 Å².